The van der Waals surface area contributed by atoms with Crippen LogP contribution in [0.25, 0.3) is 10.9 Å². The van der Waals surface area contributed by atoms with E-state index in [0.717, 1.165) is 18.4 Å². The number of amides is 1. The third-order valence-corrected chi connectivity index (χ3v) is 5.05. The fourth-order valence-corrected chi connectivity index (χ4v) is 3.41. The van der Waals surface area contributed by atoms with Gasteiger partial charge in [0, 0.05) is 29.1 Å². The number of nitrogens with one attached hydrogen (secondary N) is 2. The molecule has 0 unspecified atom stereocenters. The zero-order chi connectivity index (χ0) is 15.9. The van der Waals surface area contributed by atoms with Crippen LogP contribution in [0.5, 0.6) is 0 Å². The molecule has 116 valence electrons. The lowest BCUT2D eigenvalue weighted by Gasteiger charge is -2.16. The third-order valence-electron chi connectivity index (χ3n) is 4.72. The molecule has 23 heavy (non-hydrogen) atoms. The maximum Gasteiger partial charge on any atom is 0.252 e. The second-order valence-electron chi connectivity index (χ2n) is 6.19. The predicted molar refractivity (Wildman–Crippen MR) is 93.0 cm³/mol. The van der Waals surface area contributed by atoms with Crippen molar-refractivity contribution >= 4 is 28.4 Å². The van der Waals surface area contributed by atoms with E-state index in [1.54, 1.807) is 12.1 Å². The minimum absolute atomic E-state index is 0.0521. The van der Waals surface area contributed by atoms with Crippen molar-refractivity contribution in [2.24, 2.45) is 0 Å². The number of aromatic amines is 1. The van der Waals surface area contributed by atoms with Gasteiger partial charge in [-0.15, -0.1) is 0 Å². The lowest BCUT2D eigenvalue weighted by molar-refractivity contribution is 0.0950. The van der Waals surface area contributed by atoms with Crippen LogP contribution in [0.2, 0.25) is 5.02 Å². The van der Waals surface area contributed by atoms with Gasteiger partial charge in [0.2, 0.25) is 0 Å². The third kappa shape index (κ3) is 2.51. The van der Waals surface area contributed by atoms with Crippen molar-refractivity contribution in [1.29, 1.82) is 0 Å². The minimum atomic E-state index is -0.110. The average molecular weight is 325 g/mol. The average Bonchev–Trinajstić information content (AvgIpc) is 3.23. The highest BCUT2D eigenvalue weighted by Gasteiger charge is 2.45. The maximum atomic E-state index is 12.4. The zero-order valence-corrected chi connectivity index (χ0v) is 13.4. The Morgan fingerprint density at radius 3 is 2.65 bits per heavy atom. The molecule has 3 aromatic rings. The van der Waals surface area contributed by atoms with Crippen LogP contribution in [0.3, 0.4) is 0 Å². The van der Waals surface area contributed by atoms with Gasteiger partial charge >= 0.3 is 0 Å². The number of carbonyl (C=O) groups is 1. The molecule has 1 aromatic heterocycles. The van der Waals surface area contributed by atoms with Crippen molar-refractivity contribution in [2.45, 2.75) is 18.3 Å². The number of halogens is 1. The summed E-state index contributed by atoms with van der Waals surface area (Å²) in [7, 11) is 0. The van der Waals surface area contributed by atoms with Gasteiger partial charge in [0.25, 0.3) is 5.91 Å². The van der Waals surface area contributed by atoms with Gasteiger partial charge in [-0.05, 0) is 36.6 Å². The molecule has 0 bridgehead atoms. The molecule has 0 atom stereocenters. The molecule has 1 aliphatic carbocycles. The van der Waals surface area contributed by atoms with Gasteiger partial charge in [-0.25, -0.2) is 0 Å². The molecule has 0 saturated heterocycles. The molecule has 2 N–H and O–H groups in total. The molecule has 1 fully saturated rings. The van der Waals surface area contributed by atoms with Crippen molar-refractivity contribution in [3.05, 3.63) is 70.9 Å². The van der Waals surface area contributed by atoms with E-state index in [9.17, 15) is 4.79 Å². The molecule has 1 heterocycles. The van der Waals surface area contributed by atoms with Gasteiger partial charge in [0.15, 0.2) is 0 Å². The van der Waals surface area contributed by atoms with E-state index in [2.05, 4.69) is 34.7 Å². The second kappa shape index (κ2) is 5.43. The number of aromatic nitrogens is 1. The van der Waals surface area contributed by atoms with Crippen LogP contribution >= 0.6 is 11.6 Å². The van der Waals surface area contributed by atoms with Crippen molar-refractivity contribution < 1.29 is 4.79 Å². The molecule has 0 aliphatic heterocycles. The number of benzene rings is 2. The fraction of sp³-hybridized carbons (Fsp3) is 0.211. The van der Waals surface area contributed by atoms with E-state index in [1.807, 2.05) is 18.2 Å². The molecule has 4 heteroatoms. The molecule has 1 saturated carbocycles. The number of hydrogen-bond acceptors (Lipinski definition) is 1. The summed E-state index contributed by atoms with van der Waals surface area (Å²) in [6, 6.07) is 15.4. The summed E-state index contributed by atoms with van der Waals surface area (Å²) < 4.78 is 0. The van der Waals surface area contributed by atoms with Gasteiger partial charge in [0.1, 0.15) is 0 Å². The lowest BCUT2D eigenvalue weighted by atomic mass is 9.95. The number of para-hydroxylation sites is 1. The Bertz CT molecular complexity index is 880. The van der Waals surface area contributed by atoms with Crippen LogP contribution in [-0.4, -0.2) is 17.4 Å². The van der Waals surface area contributed by atoms with Gasteiger partial charge in [0.05, 0.1) is 10.6 Å². The highest BCUT2D eigenvalue weighted by atomic mass is 35.5. The van der Waals surface area contributed by atoms with E-state index in [1.165, 1.54) is 10.9 Å². The van der Waals surface area contributed by atoms with Crippen LogP contribution in [0, 0.1) is 0 Å². The molecule has 1 aliphatic rings. The number of hydrogen-bond donors (Lipinski definition) is 2. The molecular formula is C19H17ClN2O. The molecule has 3 nitrogen and oxygen atoms in total. The number of H-pyrrole nitrogens is 1. The summed E-state index contributed by atoms with van der Waals surface area (Å²) >= 11 is 6.10. The molecule has 2 aromatic carbocycles. The largest absolute Gasteiger partial charge is 0.361 e. The first-order valence-corrected chi connectivity index (χ1v) is 8.17. The molecule has 4 rings (SSSR count). The van der Waals surface area contributed by atoms with Gasteiger partial charge in [-0.3, -0.25) is 4.79 Å². The van der Waals surface area contributed by atoms with Crippen LogP contribution in [0.15, 0.2) is 54.7 Å². The Hall–Kier alpha value is -2.26. The van der Waals surface area contributed by atoms with Crippen molar-refractivity contribution in [3.63, 3.8) is 0 Å². The van der Waals surface area contributed by atoms with Gasteiger partial charge in [-0.2, -0.15) is 0 Å². The van der Waals surface area contributed by atoms with Crippen molar-refractivity contribution in [1.82, 2.24) is 10.3 Å². The summed E-state index contributed by atoms with van der Waals surface area (Å²) in [5.74, 6) is -0.110. The second-order valence-corrected chi connectivity index (χ2v) is 6.60. The summed E-state index contributed by atoms with van der Waals surface area (Å²) in [5.41, 5.74) is 3.03. The minimum Gasteiger partial charge on any atom is -0.361 e. The Balaban J connectivity index is 1.55. The first-order valence-electron chi connectivity index (χ1n) is 7.79. The molecule has 0 radical (unpaired) electrons. The van der Waals surface area contributed by atoms with Crippen LogP contribution in [0.4, 0.5) is 0 Å². The Labute approximate surface area is 139 Å². The van der Waals surface area contributed by atoms with E-state index in [-0.39, 0.29) is 11.3 Å². The summed E-state index contributed by atoms with van der Waals surface area (Å²) in [5, 5.41) is 4.79. The maximum absolute atomic E-state index is 12.4. The summed E-state index contributed by atoms with van der Waals surface area (Å²) in [6.45, 7) is 0.638. The van der Waals surface area contributed by atoms with Crippen molar-refractivity contribution in [2.75, 3.05) is 6.54 Å². The SMILES string of the molecule is O=C(NCC1(c2c[nH]c3ccccc23)CC1)c1ccccc1Cl. The Kier molecular flexibility index (Phi) is 3.38. The number of carbonyl (C=O) groups excluding carboxylic acids is 1. The number of fused-ring (bicyclic) bond motifs is 1. The lowest BCUT2D eigenvalue weighted by Crippen LogP contribution is -2.32. The highest BCUT2D eigenvalue weighted by molar-refractivity contribution is 6.33. The standard InChI is InChI=1S/C19H17ClN2O/c20-16-7-3-1-6-14(16)18(23)22-12-19(9-10-19)15-11-21-17-8-4-2-5-13(15)17/h1-8,11,21H,9-10,12H2,(H,22,23). The van der Waals surface area contributed by atoms with E-state index in [4.69, 9.17) is 11.6 Å². The summed E-state index contributed by atoms with van der Waals surface area (Å²) in [6.07, 6.45) is 4.27. The first kappa shape index (κ1) is 14.3. The topological polar surface area (TPSA) is 44.9 Å². The van der Waals surface area contributed by atoms with Crippen LogP contribution < -0.4 is 5.32 Å². The van der Waals surface area contributed by atoms with Gasteiger partial charge < -0.3 is 10.3 Å². The smallest absolute Gasteiger partial charge is 0.252 e. The van der Waals surface area contributed by atoms with Crippen molar-refractivity contribution in [3.8, 4) is 0 Å². The van der Waals surface area contributed by atoms with E-state index >= 15 is 0 Å². The van der Waals surface area contributed by atoms with Gasteiger partial charge in [-0.1, -0.05) is 41.9 Å². The highest BCUT2D eigenvalue weighted by Crippen LogP contribution is 2.49. The quantitative estimate of drug-likeness (QED) is 0.739. The fourth-order valence-electron chi connectivity index (χ4n) is 3.19. The Morgan fingerprint density at radius 1 is 1.13 bits per heavy atom. The first-order chi connectivity index (χ1) is 11.2. The normalized spacial score (nSPS) is 15.5. The monoisotopic (exact) mass is 324 g/mol. The van der Waals surface area contributed by atoms with E-state index in [0.29, 0.717) is 17.1 Å². The predicted octanol–water partition coefficient (Wildman–Crippen LogP) is 4.28. The van der Waals surface area contributed by atoms with Crippen LogP contribution in [-0.2, 0) is 5.41 Å². The van der Waals surface area contributed by atoms with E-state index < -0.39 is 0 Å². The number of rotatable bonds is 4. The van der Waals surface area contributed by atoms with Crippen LogP contribution in [0.1, 0.15) is 28.8 Å². The molecular weight excluding hydrogens is 308 g/mol. The summed E-state index contributed by atoms with van der Waals surface area (Å²) in [4.78, 5) is 15.7. The molecule has 0 spiro atoms. The Morgan fingerprint density at radius 2 is 1.87 bits per heavy atom. The zero-order valence-electron chi connectivity index (χ0n) is 12.6. The molecule has 1 amide bonds.